The van der Waals surface area contributed by atoms with Crippen molar-refractivity contribution in [2.45, 2.75) is 45.1 Å². The van der Waals surface area contributed by atoms with Crippen LogP contribution in [-0.2, 0) is 14.3 Å². The Balaban J connectivity index is 2.37. The fourth-order valence-corrected chi connectivity index (χ4v) is 1.57. The average Bonchev–Trinajstić information content (AvgIpc) is 2.54. The van der Waals surface area contributed by atoms with Gasteiger partial charge in [0.2, 0.25) is 6.29 Å². The van der Waals surface area contributed by atoms with Crippen molar-refractivity contribution in [3.8, 4) is 0 Å². The van der Waals surface area contributed by atoms with Crippen LogP contribution in [0.4, 0.5) is 0 Å². The van der Waals surface area contributed by atoms with Crippen LogP contribution in [-0.4, -0.2) is 18.4 Å². The largest absolute Gasteiger partial charge is 0.462 e. The summed E-state index contributed by atoms with van der Waals surface area (Å²) in [6.45, 7) is 2.07. The van der Waals surface area contributed by atoms with Gasteiger partial charge in [0.15, 0.2) is 0 Å². The number of carbonyl (C=O) groups is 1. The van der Waals surface area contributed by atoms with Crippen LogP contribution in [0.15, 0.2) is 0 Å². The number of ether oxygens (including phenoxy) is 1. The molecule has 0 N–H and O–H groups in total. The molecule has 0 aromatic rings. The second-order valence-corrected chi connectivity index (χ2v) is 3.43. The molecule has 13 heavy (non-hydrogen) atoms. The lowest BCUT2D eigenvalue weighted by atomic mass is 9.96. The van der Waals surface area contributed by atoms with Gasteiger partial charge in [-0.15, -0.1) is 0 Å². The topological polar surface area (TPSA) is 43.4 Å². The van der Waals surface area contributed by atoms with Gasteiger partial charge in [-0.25, -0.2) is 0 Å². The first kappa shape index (κ1) is 10.2. The Morgan fingerprint density at radius 3 is 2.92 bits per heavy atom. The maximum atomic E-state index is 10.8. The molecular weight excluding hydrogens is 168 g/mol. The molecule has 3 nitrogen and oxygen atoms in total. The van der Waals surface area contributed by atoms with Gasteiger partial charge in [0.25, 0.3) is 0 Å². The molecule has 1 aliphatic heterocycles. The van der Waals surface area contributed by atoms with E-state index in [1.165, 1.54) is 0 Å². The van der Waals surface area contributed by atoms with Gasteiger partial charge in [0, 0.05) is 6.42 Å². The molecule has 1 fully saturated rings. The number of carbonyl (C=O) groups excluding carboxylic acids is 2. The summed E-state index contributed by atoms with van der Waals surface area (Å²) in [6, 6.07) is 0. The molecule has 2 atom stereocenters. The number of esters is 1. The number of cyclic esters (lactones) is 1. The first-order chi connectivity index (χ1) is 6.27. The normalized spacial score (nSPS) is 24.1. The molecule has 3 heteroatoms. The Kier molecular flexibility index (Phi) is 3.93. The molecule has 73 valence electrons. The van der Waals surface area contributed by atoms with Crippen molar-refractivity contribution >= 4 is 12.3 Å². The summed E-state index contributed by atoms with van der Waals surface area (Å²) in [4.78, 5) is 21.4. The zero-order valence-electron chi connectivity index (χ0n) is 7.91. The smallest absolute Gasteiger partial charge is 0.306 e. The monoisotopic (exact) mass is 183 g/mol. The molecule has 0 bridgehead atoms. The highest BCUT2D eigenvalue weighted by Gasteiger charge is 2.30. The standard InChI is InChI=1S/C10H15O3/c1-2-3-4-8(7-11)9-5-6-10(12)13-9/h8-9H,2-6H2,1H3. The lowest BCUT2D eigenvalue weighted by Gasteiger charge is -2.15. The van der Waals surface area contributed by atoms with Crippen molar-refractivity contribution in [3.05, 3.63) is 0 Å². The van der Waals surface area contributed by atoms with Crippen LogP contribution in [0.2, 0.25) is 0 Å². The van der Waals surface area contributed by atoms with Crippen LogP contribution in [0.5, 0.6) is 0 Å². The van der Waals surface area contributed by atoms with Crippen molar-refractivity contribution in [2.75, 3.05) is 0 Å². The number of unbranched alkanes of at least 4 members (excludes halogenated alkanes) is 1. The minimum Gasteiger partial charge on any atom is -0.462 e. The van der Waals surface area contributed by atoms with Gasteiger partial charge in [0.1, 0.15) is 6.10 Å². The fraction of sp³-hybridized carbons (Fsp3) is 0.800. The van der Waals surface area contributed by atoms with E-state index in [2.05, 4.69) is 6.92 Å². The SMILES string of the molecule is CCCCC([C]=O)C1CCC(=O)O1. The maximum absolute atomic E-state index is 10.8. The van der Waals surface area contributed by atoms with Crippen LogP contribution in [0.1, 0.15) is 39.0 Å². The highest BCUT2D eigenvalue weighted by atomic mass is 16.5. The Morgan fingerprint density at radius 1 is 1.69 bits per heavy atom. The van der Waals surface area contributed by atoms with Crippen molar-refractivity contribution in [1.29, 1.82) is 0 Å². The van der Waals surface area contributed by atoms with Crippen LogP contribution in [0.25, 0.3) is 0 Å². The zero-order chi connectivity index (χ0) is 9.68. The minimum atomic E-state index is -0.202. The summed E-state index contributed by atoms with van der Waals surface area (Å²) >= 11 is 0. The zero-order valence-corrected chi connectivity index (χ0v) is 7.91. The Morgan fingerprint density at radius 2 is 2.46 bits per heavy atom. The van der Waals surface area contributed by atoms with Gasteiger partial charge < -0.3 is 4.74 Å². The Labute approximate surface area is 78.5 Å². The van der Waals surface area contributed by atoms with E-state index in [4.69, 9.17) is 4.74 Å². The summed E-state index contributed by atoms with van der Waals surface area (Å²) in [5, 5.41) is 0. The third kappa shape index (κ3) is 2.83. The predicted molar refractivity (Wildman–Crippen MR) is 47.8 cm³/mol. The summed E-state index contributed by atoms with van der Waals surface area (Å²) in [6.07, 6.45) is 5.75. The number of hydrogen-bond donors (Lipinski definition) is 0. The van der Waals surface area contributed by atoms with E-state index in [9.17, 15) is 9.59 Å². The number of rotatable bonds is 5. The highest BCUT2D eigenvalue weighted by Crippen LogP contribution is 2.23. The summed E-state index contributed by atoms with van der Waals surface area (Å²) in [5.41, 5.74) is 0. The predicted octanol–water partition coefficient (Wildman–Crippen LogP) is 1.61. The van der Waals surface area contributed by atoms with E-state index in [0.29, 0.717) is 12.8 Å². The van der Waals surface area contributed by atoms with Gasteiger partial charge in [-0.3, -0.25) is 9.59 Å². The molecule has 0 amide bonds. The Bertz CT molecular complexity index is 189. The molecule has 0 aliphatic carbocycles. The van der Waals surface area contributed by atoms with Gasteiger partial charge in [-0.2, -0.15) is 0 Å². The van der Waals surface area contributed by atoms with E-state index in [1.54, 1.807) is 0 Å². The van der Waals surface area contributed by atoms with Crippen molar-refractivity contribution < 1.29 is 14.3 Å². The van der Waals surface area contributed by atoms with Gasteiger partial charge in [-0.05, 0) is 12.8 Å². The third-order valence-corrected chi connectivity index (χ3v) is 2.38. The third-order valence-electron chi connectivity index (χ3n) is 2.38. The molecule has 0 saturated carbocycles. The second-order valence-electron chi connectivity index (χ2n) is 3.43. The molecule has 1 rings (SSSR count). The molecule has 1 aliphatic rings. The Hall–Kier alpha value is -0.860. The lowest BCUT2D eigenvalue weighted by Crippen LogP contribution is -2.21. The van der Waals surface area contributed by atoms with Crippen molar-refractivity contribution in [3.63, 3.8) is 0 Å². The van der Waals surface area contributed by atoms with E-state index in [1.807, 2.05) is 6.29 Å². The van der Waals surface area contributed by atoms with E-state index >= 15 is 0 Å². The van der Waals surface area contributed by atoms with Crippen LogP contribution in [0, 0.1) is 5.92 Å². The van der Waals surface area contributed by atoms with E-state index in [0.717, 1.165) is 19.3 Å². The maximum Gasteiger partial charge on any atom is 0.306 e. The summed E-state index contributed by atoms with van der Waals surface area (Å²) in [7, 11) is 0. The van der Waals surface area contributed by atoms with Gasteiger partial charge in [0.05, 0.1) is 5.92 Å². The minimum absolute atomic E-state index is 0.179. The molecule has 1 saturated heterocycles. The summed E-state index contributed by atoms with van der Waals surface area (Å²) in [5.74, 6) is -0.381. The average molecular weight is 183 g/mol. The van der Waals surface area contributed by atoms with Crippen molar-refractivity contribution in [2.24, 2.45) is 5.92 Å². The number of hydrogen-bond acceptors (Lipinski definition) is 3. The first-order valence-electron chi connectivity index (χ1n) is 4.85. The first-order valence-corrected chi connectivity index (χ1v) is 4.85. The molecule has 0 aromatic heterocycles. The second kappa shape index (κ2) is 5.00. The van der Waals surface area contributed by atoms with Gasteiger partial charge >= 0.3 is 5.97 Å². The molecule has 0 spiro atoms. The van der Waals surface area contributed by atoms with E-state index in [-0.39, 0.29) is 18.0 Å². The fourth-order valence-electron chi connectivity index (χ4n) is 1.57. The molecule has 0 aromatic carbocycles. The summed E-state index contributed by atoms with van der Waals surface area (Å²) < 4.78 is 5.01. The molecule has 2 unspecified atom stereocenters. The quantitative estimate of drug-likeness (QED) is 0.608. The van der Waals surface area contributed by atoms with Crippen LogP contribution < -0.4 is 0 Å². The van der Waals surface area contributed by atoms with Crippen molar-refractivity contribution in [1.82, 2.24) is 0 Å². The van der Waals surface area contributed by atoms with Crippen LogP contribution in [0.3, 0.4) is 0 Å². The van der Waals surface area contributed by atoms with E-state index < -0.39 is 0 Å². The highest BCUT2D eigenvalue weighted by molar-refractivity contribution is 5.72. The van der Waals surface area contributed by atoms with Crippen LogP contribution >= 0.6 is 0 Å². The molecule has 1 radical (unpaired) electrons. The lowest BCUT2D eigenvalue weighted by molar-refractivity contribution is -0.142. The van der Waals surface area contributed by atoms with Gasteiger partial charge in [-0.1, -0.05) is 19.8 Å². The molecule has 1 heterocycles. The molecular formula is C10H15O3.